The van der Waals surface area contributed by atoms with Gasteiger partial charge in [-0.3, -0.25) is 4.79 Å². The fraction of sp³-hybridized carbons (Fsp3) is 0.409. The first kappa shape index (κ1) is 21.5. The number of carbonyl (C=O) groups is 1. The van der Waals surface area contributed by atoms with E-state index in [-0.39, 0.29) is 24.4 Å². The third-order valence-corrected chi connectivity index (χ3v) is 7.28. The van der Waals surface area contributed by atoms with Crippen LogP contribution in [0.5, 0.6) is 0 Å². The first-order valence-corrected chi connectivity index (χ1v) is 11.3. The lowest BCUT2D eigenvalue weighted by Gasteiger charge is -2.33. The summed E-state index contributed by atoms with van der Waals surface area (Å²) in [5, 5.41) is 3.17. The highest BCUT2D eigenvalue weighted by atomic mass is 32.2. The normalized spacial score (nSPS) is 19.1. The number of nitrogens with zero attached hydrogens (tertiary/aromatic N) is 2. The van der Waals surface area contributed by atoms with Gasteiger partial charge in [0.15, 0.2) is 0 Å². The van der Waals surface area contributed by atoms with Crippen molar-refractivity contribution in [1.29, 1.82) is 0 Å². The summed E-state index contributed by atoms with van der Waals surface area (Å²) in [5.41, 5.74) is 3.16. The maximum absolute atomic E-state index is 13.1. The lowest BCUT2D eigenvalue weighted by atomic mass is 9.94. The van der Waals surface area contributed by atoms with Crippen LogP contribution in [0.3, 0.4) is 0 Å². The van der Waals surface area contributed by atoms with Crippen LogP contribution in [-0.4, -0.2) is 50.1 Å². The summed E-state index contributed by atoms with van der Waals surface area (Å²) >= 11 is 0. The zero-order valence-corrected chi connectivity index (χ0v) is 18.0. The van der Waals surface area contributed by atoms with Crippen molar-refractivity contribution in [3.8, 4) is 0 Å². The number of nitrogens with one attached hydrogen (secondary N) is 1. The Morgan fingerprint density at radius 2 is 1.69 bits per heavy atom. The predicted molar refractivity (Wildman–Crippen MR) is 115 cm³/mol. The van der Waals surface area contributed by atoms with Gasteiger partial charge in [0.25, 0.3) is 10.2 Å². The molecule has 1 N–H and O–H groups in total. The maximum atomic E-state index is 13.1. The number of amides is 1. The molecule has 1 saturated heterocycles. The zero-order chi connectivity index (χ0) is 21.0. The van der Waals surface area contributed by atoms with Crippen LogP contribution in [0.25, 0.3) is 0 Å². The van der Waals surface area contributed by atoms with Crippen LogP contribution in [0.1, 0.15) is 35.6 Å². The van der Waals surface area contributed by atoms with E-state index < -0.39 is 10.2 Å². The van der Waals surface area contributed by atoms with Gasteiger partial charge >= 0.3 is 0 Å². The van der Waals surface area contributed by atoms with Crippen molar-refractivity contribution in [1.82, 2.24) is 13.9 Å². The molecule has 2 unspecified atom stereocenters. The molecule has 3 rings (SSSR count). The smallest absolute Gasteiger partial charge is 0.281 e. The maximum Gasteiger partial charge on any atom is 0.281 e. The Morgan fingerprint density at radius 1 is 1.07 bits per heavy atom. The molecule has 0 saturated carbocycles. The van der Waals surface area contributed by atoms with Gasteiger partial charge < -0.3 is 5.32 Å². The van der Waals surface area contributed by atoms with Gasteiger partial charge in [-0.2, -0.15) is 17.0 Å². The molecule has 1 fully saturated rings. The standard InChI is InChI=1S/C22H29N3O3S/c1-17-11-13-19(14-12-17)21(18-8-5-4-6-9-18)23-22(26)20-10-7-15-25(16-20)29(27,28)24(2)3/h4-6,8-9,11-14,20-21H,7,10,15-16H2,1-3H3,(H,23,26). The van der Waals surface area contributed by atoms with Gasteiger partial charge in [0.1, 0.15) is 0 Å². The second-order valence-corrected chi connectivity index (χ2v) is 9.89. The van der Waals surface area contributed by atoms with Gasteiger partial charge in [-0.05, 0) is 30.9 Å². The average molecular weight is 416 g/mol. The quantitative estimate of drug-likeness (QED) is 0.789. The largest absolute Gasteiger partial charge is 0.345 e. The molecule has 1 aliphatic rings. The van der Waals surface area contributed by atoms with E-state index in [1.807, 2.05) is 61.5 Å². The van der Waals surface area contributed by atoms with Crippen LogP contribution in [-0.2, 0) is 15.0 Å². The molecule has 6 nitrogen and oxygen atoms in total. The monoisotopic (exact) mass is 415 g/mol. The summed E-state index contributed by atoms with van der Waals surface area (Å²) in [4.78, 5) is 13.1. The van der Waals surface area contributed by atoms with Crippen LogP contribution < -0.4 is 5.32 Å². The number of aryl methyl sites for hydroxylation is 1. The van der Waals surface area contributed by atoms with Crippen LogP contribution >= 0.6 is 0 Å². The number of benzene rings is 2. The molecule has 7 heteroatoms. The molecule has 2 atom stereocenters. The van der Waals surface area contributed by atoms with Crippen LogP contribution in [0.15, 0.2) is 54.6 Å². The van der Waals surface area contributed by atoms with Gasteiger partial charge in [-0.15, -0.1) is 0 Å². The number of hydrogen-bond donors (Lipinski definition) is 1. The Balaban J connectivity index is 1.80. The highest BCUT2D eigenvalue weighted by Crippen LogP contribution is 2.25. The second-order valence-electron chi connectivity index (χ2n) is 7.75. The predicted octanol–water partition coefficient (Wildman–Crippen LogP) is 2.72. The summed E-state index contributed by atoms with van der Waals surface area (Å²) < 4.78 is 27.5. The molecule has 0 bridgehead atoms. The van der Waals surface area contributed by atoms with Crippen molar-refractivity contribution >= 4 is 16.1 Å². The Hall–Kier alpha value is -2.22. The molecule has 0 spiro atoms. The van der Waals surface area contributed by atoms with E-state index in [9.17, 15) is 13.2 Å². The minimum absolute atomic E-state index is 0.113. The van der Waals surface area contributed by atoms with Crippen LogP contribution in [0, 0.1) is 12.8 Å². The molecule has 1 amide bonds. The summed E-state index contributed by atoms with van der Waals surface area (Å²) in [7, 11) is -0.486. The van der Waals surface area contributed by atoms with E-state index in [4.69, 9.17) is 0 Å². The minimum atomic E-state index is -3.52. The molecule has 2 aromatic rings. The fourth-order valence-corrected chi connectivity index (χ4v) is 4.81. The highest BCUT2D eigenvalue weighted by molar-refractivity contribution is 7.86. The lowest BCUT2D eigenvalue weighted by molar-refractivity contribution is -0.126. The van der Waals surface area contributed by atoms with Gasteiger partial charge in [-0.25, -0.2) is 0 Å². The zero-order valence-electron chi connectivity index (χ0n) is 17.2. The molecule has 0 radical (unpaired) electrons. The van der Waals surface area contributed by atoms with Gasteiger partial charge in [0, 0.05) is 27.2 Å². The van der Waals surface area contributed by atoms with Crippen molar-refractivity contribution in [3.05, 3.63) is 71.3 Å². The molecule has 2 aromatic carbocycles. The Labute approximate surface area is 173 Å². The average Bonchev–Trinajstić information content (AvgIpc) is 2.73. The number of hydrogen-bond acceptors (Lipinski definition) is 3. The van der Waals surface area contributed by atoms with E-state index in [2.05, 4.69) is 5.32 Å². The number of piperidine rings is 1. The molecular formula is C22H29N3O3S. The van der Waals surface area contributed by atoms with E-state index in [1.165, 1.54) is 22.7 Å². The van der Waals surface area contributed by atoms with Crippen molar-refractivity contribution in [2.45, 2.75) is 25.8 Å². The summed E-state index contributed by atoms with van der Waals surface area (Å²) in [6, 6.07) is 17.7. The summed E-state index contributed by atoms with van der Waals surface area (Å²) in [6.45, 7) is 2.69. The van der Waals surface area contributed by atoms with Crippen molar-refractivity contribution in [2.75, 3.05) is 27.2 Å². The van der Waals surface area contributed by atoms with E-state index in [0.29, 0.717) is 19.4 Å². The molecular weight excluding hydrogens is 386 g/mol. The molecule has 1 heterocycles. The molecule has 0 aliphatic carbocycles. The fourth-order valence-electron chi connectivity index (χ4n) is 3.62. The Kier molecular flexibility index (Phi) is 6.72. The highest BCUT2D eigenvalue weighted by Gasteiger charge is 2.34. The van der Waals surface area contributed by atoms with Crippen molar-refractivity contribution in [3.63, 3.8) is 0 Å². The van der Waals surface area contributed by atoms with Gasteiger partial charge in [0.2, 0.25) is 5.91 Å². The Bertz CT molecular complexity index is 928. The van der Waals surface area contributed by atoms with Gasteiger partial charge in [-0.1, -0.05) is 60.2 Å². The SMILES string of the molecule is Cc1ccc(C(NC(=O)C2CCCN(S(=O)(=O)N(C)C)C2)c2ccccc2)cc1. The topological polar surface area (TPSA) is 69.7 Å². The minimum Gasteiger partial charge on any atom is -0.345 e. The number of rotatable bonds is 6. The first-order chi connectivity index (χ1) is 13.8. The summed E-state index contributed by atoms with van der Waals surface area (Å²) in [5.74, 6) is -0.479. The first-order valence-electron chi connectivity index (χ1n) is 9.88. The Morgan fingerprint density at radius 3 is 2.31 bits per heavy atom. The molecule has 1 aliphatic heterocycles. The molecule has 0 aromatic heterocycles. The third kappa shape index (κ3) is 5.04. The second kappa shape index (κ2) is 9.07. The molecule has 29 heavy (non-hydrogen) atoms. The van der Waals surface area contributed by atoms with Crippen molar-refractivity contribution < 1.29 is 13.2 Å². The summed E-state index contributed by atoms with van der Waals surface area (Å²) in [6.07, 6.45) is 1.35. The third-order valence-electron chi connectivity index (χ3n) is 5.37. The number of carbonyl (C=O) groups excluding carboxylic acids is 1. The van der Waals surface area contributed by atoms with Gasteiger partial charge in [0.05, 0.1) is 12.0 Å². The molecule has 156 valence electrons. The van der Waals surface area contributed by atoms with Crippen LogP contribution in [0.4, 0.5) is 0 Å². The lowest BCUT2D eigenvalue weighted by Crippen LogP contribution is -2.49. The van der Waals surface area contributed by atoms with E-state index in [0.717, 1.165) is 16.7 Å². The van der Waals surface area contributed by atoms with Crippen LogP contribution in [0.2, 0.25) is 0 Å². The van der Waals surface area contributed by atoms with E-state index >= 15 is 0 Å². The van der Waals surface area contributed by atoms with E-state index in [1.54, 1.807) is 0 Å². The van der Waals surface area contributed by atoms with Crippen molar-refractivity contribution in [2.24, 2.45) is 5.92 Å².